The first-order valence-electron chi connectivity index (χ1n) is 6.14. The van der Waals surface area contributed by atoms with Crippen LogP contribution in [0.15, 0.2) is 30.3 Å². The molecule has 3 nitrogen and oxygen atoms in total. The monoisotopic (exact) mass is 263 g/mol. The number of hydrogen-bond donors (Lipinski definition) is 2. The van der Waals surface area contributed by atoms with E-state index in [9.17, 15) is 0 Å². The van der Waals surface area contributed by atoms with E-state index in [1.54, 1.807) is 0 Å². The van der Waals surface area contributed by atoms with Crippen LogP contribution >= 0.6 is 11.6 Å². The number of halogens is 1. The summed E-state index contributed by atoms with van der Waals surface area (Å²) >= 11 is 5.72. The largest absolute Gasteiger partial charge is 0.271 e. The summed E-state index contributed by atoms with van der Waals surface area (Å²) in [7, 11) is 0. The quantitative estimate of drug-likeness (QED) is 0.495. The molecule has 4 heteroatoms. The average molecular weight is 264 g/mol. The van der Waals surface area contributed by atoms with Gasteiger partial charge in [-0.15, -0.1) is 11.6 Å². The zero-order chi connectivity index (χ0) is 13.0. The van der Waals surface area contributed by atoms with Crippen molar-refractivity contribution in [3.63, 3.8) is 0 Å². The molecule has 18 heavy (non-hydrogen) atoms. The highest BCUT2D eigenvalue weighted by molar-refractivity contribution is 6.17. The van der Waals surface area contributed by atoms with E-state index in [-0.39, 0.29) is 6.04 Å². The second-order valence-electron chi connectivity index (χ2n) is 4.46. The topological polar surface area (TPSA) is 50.9 Å². The van der Waals surface area contributed by atoms with Gasteiger partial charge in [0.2, 0.25) is 0 Å². The molecule has 0 aliphatic heterocycles. The molecule has 1 atom stereocenters. The van der Waals surface area contributed by atoms with Crippen LogP contribution in [-0.4, -0.2) is 10.9 Å². The van der Waals surface area contributed by atoms with Crippen molar-refractivity contribution in [1.82, 2.24) is 10.4 Å². The lowest BCUT2D eigenvalue weighted by Crippen LogP contribution is -2.28. The Morgan fingerprint density at radius 1 is 1.33 bits per heavy atom. The molecule has 2 rings (SSSR count). The van der Waals surface area contributed by atoms with Gasteiger partial charge in [0.05, 0.1) is 5.52 Å². The number of fused-ring (bicyclic) bond motifs is 1. The summed E-state index contributed by atoms with van der Waals surface area (Å²) < 4.78 is 0. The Balaban J connectivity index is 2.30. The predicted octanol–water partition coefficient (Wildman–Crippen LogP) is 3.07. The van der Waals surface area contributed by atoms with Crippen LogP contribution in [0.3, 0.4) is 0 Å². The van der Waals surface area contributed by atoms with Crippen molar-refractivity contribution in [2.75, 3.05) is 5.88 Å². The summed E-state index contributed by atoms with van der Waals surface area (Å²) in [5.74, 6) is 6.26. The highest BCUT2D eigenvalue weighted by atomic mass is 35.5. The van der Waals surface area contributed by atoms with Crippen LogP contribution < -0.4 is 11.3 Å². The van der Waals surface area contributed by atoms with Crippen LogP contribution in [-0.2, 0) is 0 Å². The second-order valence-corrected chi connectivity index (χ2v) is 4.83. The average Bonchev–Trinajstić information content (AvgIpc) is 2.39. The molecule has 1 aromatic carbocycles. The molecule has 0 radical (unpaired) electrons. The van der Waals surface area contributed by atoms with Crippen LogP contribution in [0.2, 0.25) is 0 Å². The molecule has 1 heterocycles. The Morgan fingerprint density at radius 2 is 2.17 bits per heavy atom. The number of hydrazine groups is 1. The second kappa shape index (κ2) is 6.14. The van der Waals surface area contributed by atoms with Gasteiger partial charge in [-0.2, -0.15) is 0 Å². The number of nitrogens with two attached hydrogens (primary N) is 1. The summed E-state index contributed by atoms with van der Waals surface area (Å²) in [6.45, 7) is 2.00. The van der Waals surface area contributed by atoms with E-state index in [2.05, 4.69) is 28.6 Å². The van der Waals surface area contributed by atoms with Crippen LogP contribution in [0.1, 0.15) is 30.1 Å². The molecule has 0 fully saturated rings. The summed E-state index contributed by atoms with van der Waals surface area (Å²) in [6.07, 6.45) is 1.88. The van der Waals surface area contributed by atoms with Gasteiger partial charge in [-0.3, -0.25) is 16.3 Å². The number of alkyl halides is 1. The van der Waals surface area contributed by atoms with Crippen molar-refractivity contribution in [3.8, 4) is 0 Å². The first kappa shape index (κ1) is 13.3. The predicted molar refractivity (Wildman–Crippen MR) is 76.5 cm³/mol. The number of rotatable bonds is 5. The van der Waals surface area contributed by atoms with Gasteiger partial charge >= 0.3 is 0 Å². The van der Waals surface area contributed by atoms with E-state index in [1.807, 2.05) is 19.1 Å². The van der Waals surface area contributed by atoms with Gasteiger partial charge in [0.25, 0.3) is 0 Å². The maximum absolute atomic E-state index is 5.72. The lowest BCUT2D eigenvalue weighted by molar-refractivity contribution is 0.512. The molecule has 0 saturated carbocycles. The molecule has 3 N–H and O–H groups in total. The van der Waals surface area contributed by atoms with Crippen molar-refractivity contribution in [1.29, 1.82) is 0 Å². The minimum atomic E-state index is 0.148. The minimum absolute atomic E-state index is 0.148. The normalized spacial score (nSPS) is 12.8. The van der Waals surface area contributed by atoms with Crippen molar-refractivity contribution in [2.24, 2.45) is 5.84 Å². The van der Waals surface area contributed by atoms with E-state index in [0.29, 0.717) is 5.88 Å². The van der Waals surface area contributed by atoms with E-state index in [1.165, 1.54) is 5.56 Å². The molecule has 0 aliphatic rings. The summed E-state index contributed by atoms with van der Waals surface area (Å²) in [6, 6.07) is 10.5. The van der Waals surface area contributed by atoms with Gasteiger partial charge in [-0.25, -0.2) is 0 Å². The van der Waals surface area contributed by atoms with Crippen LogP contribution in [0.25, 0.3) is 10.9 Å². The van der Waals surface area contributed by atoms with Gasteiger partial charge in [0.1, 0.15) is 0 Å². The first-order valence-corrected chi connectivity index (χ1v) is 6.67. The lowest BCUT2D eigenvalue weighted by Gasteiger charge is -2.16. The van der Waals surface area contributed by atoms with E-state index < -0.39 is 0 Å². The summed E-state index contributed by atoms with van der Waals surface area (Å²) in [5.41, 5.74) is 6.08. The first-order chi connectivity index (χ1) is 8.74. The summed E-state index contributed by atoms with van der Waals surface area (Å²) in [5, 5.41) is 1.14. The number of hydrogen-bond acceptors (Lipinski definition) is 3. The molecule has 0 aliphatic carbocycles. The third-order valence-electron chi connectivity index (χ3n) is 3.08. The van der Waals surface area contributed by atoms with Gasteiger partial charge in [0.15, 0.2) is 0 Å². The van der Waals surface area contributed by atoms with E-state index in [4.69, 9.17) is 17.4 Å². The number of nitrogens with one attached hydrogen (secondary N) is 1. The molecule has 2 aromatic rings. The molecular formula is C14H18ClN3. The number of nitrogens with zero attached hydrogens (tertiary/aromatic N) is 1. The lowest BCUT2D eigenvalue weighted by atomic mass is 10.0. The Kier molecular flexibility index (Phi) is 4.53. The number of aryl methyl sites for hydroxylation is 1. The molecule has 0 spiro atoms. The maximum atomic E-state index is 5.72. The minimum Gasteiger partial charge on any atom is -0.271 e. The Morgan fingerprint density at radius 3 is 2.89 bits per heavy atom. The van der Waals surface area contributed by atoms with Gasteiger partial charge in [-0.1, -0.05) is 12.1 Å². The molecule has 0 bridgehead atoms. The molecule has 0 saturated heterocycles. The van der Waals surface area contributed by atoms with Crippen LogP contribution in [0, 0.1) is 6.92 Å². The van der Waals surface area contributed by atoms with Gasteiger partial charge in [0, 0.05) is 23.0 Å². The summed E-state index contributed by atoms with van der Waals surface area (Å²) in [4.78, 5) is 4.49. The number of pyridine rings is 1. The SMILES string of the molecule is Cc1ccc2cc(C(CCCCl)NN)ccc2n1. The fourth-order valence-corrected chi connectivity index (χ4v) is 2.24. The fraction of sp³-hybridized carbons (Fsp3) is 0.357. The smallest absolute Gasteiger partial charge is 0.0705 e. The highest BCUT2D eigenvalue weighted by Crippen LogP contribution is 2.22. The van der Waals surface area contributed by atoms with Gasteiger partial charge in [-0.05, 0) is 43.5 Å². The fourth-order valence-electron chi connectivity index (χ4n) is 2.09. The van der Waals surface area contributed by atoms with Crippen molar-refractivity contribution >= 4 is 22.5 Å². The molecule has 0 amide bonds. The Bertz CT molecular complexity index is 527. The Hall–Kier alpha value is -1.16. The van der Waals surface area contributed by atoms with Gasteiger partial charge < -0.3 is 0 Å². The number of aromatic nitrogens is 1. The van der Waals surface area contributed by atoms with E-state index in [0.717, 1.165) is 29.4 Å². The van der Waals surface area contributed by atoms with Crippen molar-refractivity contribution in [3.05, 3.63) is 41.6 Å². The highest BCUT2D eigenvalue weighted by Gasteiger charge is 2.09. The zero-order valence-corrected chi connectivity index (χ0v) is 11.2. The molecule has 1 unspecified atom stereocenters. The van der Waals surface area contributed by atoms with E-state index >= 15 is 0 Å². The Labute approximate surface area is 112 Å². The molecule has 1 aromatic heterocycles. The molecular weight excluding hydrogens is 246 g/mol. The van der Waals surface area contributed by atoms with Crippen molar-refractivity contribution < 1.29 is 0 Å². The zero-order valence-electron chi connectivity index (χ0n) is 10.5. The maximum Gasteiger partial charge on any atom is 0.0705 e. The van der Waals surface area contributed by atoms with Crippen LogP contribution in [0.4, 0.5) is 0 Å². The number of benzene rings is 1. The third-order valence-corrected chi connectivity index (χ3v) is 3.35. The van der Waals surface area contributed by atoms with Crippen LogP contribution in [0.5, 0.6) is 0 Å². The standard InChI is InChI=1S/C14H18ClN3/c1-10-4-5-11-9-12(6-7-13(11)17-10)14(18-16)3-2-8-15/h4-7,9,14,18H,2-3,8,16H2,1H3. The molecule has 96 valence electrons. The van der Waals surface area contributed by atoms with Crippen molar-refractivity contribution in [2.45, 2.75) is 25.8 Å². The third kappa shape index (κ3) is 2.99.